The molecular weight excluding hydrogens is 360 g/mol. The Hall–Kier alpha value is -1.79. The molecule has 1 fully saturated rings. The van der Waals surface area contributed by atoms with E-state index in [2.05, 4.69) is 17.2 Å². The molecule has 5 nitrogen and oxygen atoms in total. The van der Waals surface area contributed by atoms with Crippen molar-refractivity contribution in [3.63, 3.8) is 0 Å². The minimum absolute atomic E-state index is 0.0298. The SMILES string of the molecule is C=C1NC(=S)N[C@H](c2cc(OCC)c(OCCC)cc2Cl)[C@H]1C(C)=O. The van der Waals surface area contributed by atoms with Crippen LogP contribution in [-0.2, 0) is 4.79 Å². The van der Waals surface area contributed by atoms with E-state index in [0.717, 1.165) is 12.0 Å². The van der Waals surface area contributed by atoms with Gasteiger partial charge in [-0.2, -0.15) is 0 Å². The van der Waals surface area contributed by atoms with Crippen LogP contribution in [0.2, 0.25) is 5.02 Å². The van der Waals surface area contributed by atoms with Crippen LogP contribution in [-0.4, -0.2) is 24.1 Å². The molecule has 136 valence electrons. The highest BCUT2D eigenvalue weighted by Crippen LogP contribution is 2.40. The Kier molecular flexibility index (Phi) is 6.67. The zero-order valence-corrected chi connectivity index (χ0v) is 16.2. The number of benzene rings is 1. The summed E-state index contributed by atoms with van der Waals surface area (Å²) in [5, 5.41) is 6.93. The highest BCUT2D eigenvalue weighted by molar-refractivity contribution is 7.80. The second kappa shape index (κ2) is 8.54. The van der Waals surface area contributed by atoms with E-state index in [0.29, 0.717) is 40.5 Å². The third-order valence-electron chi connectivity index (χ3n) is 3.87. The topological polar surface area (TPSA) is 59.6 Å². The van der Waals surface area contributed by atoms with Gasteiger partial charge in [-0.3, -0.25) is 4.79 Å². The van der Waals surface area contributed by atoms with Gasteiger partial charge in [0.25, 0.3) is 0 Å². The predicted molar refractivity (Wildman–Crippen MR) is 103 cm³/mol. The molecule has 1 heterocycles. The Morgan fingerprint density at radius 2 is 2.00 bits per heavy atom. The van der Waals surface area contributed by atoms with Crippen LogP contribution < -0.4 is 20.1 Å². The van der Waals surface area contributed by atoms with Gasteiger partial charge in [0.15, 0.2) is 16.6 Å². The minimum Gasteiger partial charge on any atom is -0.490 e. The van der Waals surface area contributed by atoms with Gasteiger partial charge in [-0.1, -0.05) is 25.1 Å². The average Bonchev–Trinajstić information content (AvgIpc) is 2.53. The van der Waals surface area contributed by atoms with Crippen molar-refractivity contribution in [1.82, 2.24) is 10.6 Å². The quantitative estimate of drug-likeness (QED) is 0.700. The number of thiocarbonyl (C=S) groups is 1. The highest BCUT2D eigenvalue weighted by atomic mass is 35.5. The summed E-state index contributed by atoms with van der Waals surface area (Å²) >= 11 is 11.7. The molecule has 0 saturated carbocycles. The highest BCUT2D eigenvalue weighted by Gasteiger charge is 2.36. The molecule has 2 atom stereocenters. The van der Waals surface area contributed by atoms with Gasteiger partial charge < -0.3 is 20.1 Å². The first-order valence-electron chi connectivity index (χ1n) is 8.24. The number of hydrogen-bond donors (Lipinski definition) is 2. The molecule has 0 unspecified atom stereocenters. The first-order valence-corrected chi connectivity index (χ1v) is 9.03. The molecule has 2 N–H and O–H groups in total. The largest absolute Gasteiger partial charge is 0.490 e. The molecular formula is C18H23ClN2O3S. The van der Waals surface area contributed by atoms with Crippen LogP contribution in [0.1, 0.15) is 38.8 Å². The molecule has 0 aliphatic carbocycles. The number of ether oxygens (including phenoxy) is 2. The molecule has 2 rings (SSSR count). The summed E-state index contributed by atoms with van der Waals surface area (Å²) in [6.45, 7) is 10.4. The fourth-order valence-electron chi connectivity index (χ4n) is 2.81. The zero-order valence-electron chi connectivity index (χ0n) is 14.6. The van der Waals surface area contributed by atoms with Gasteiger partial charge in [0.1, 0.15) is 5.78 Å². The van der Waals surface area contributed by atoms with E-state index in [1.807, 2.05) is 19.9 Å². The van der Waals surface area contributed by atoms with Crippen LogP contribution in [0.3, 0.4) is 0 Å². The number of Topliss-reactive ketones (excluding diaryl/α,β-unsaturated/α-hetero) is 1. The lowest BCUT2D eigenvalue weighted by molar-refractivity contribution is -0.120. The summed E-state index contributed by atoms with van der Waals surface area (Å²) in [4.78, 5) is 12.1. The molecule has 0 radical (unpaired) electrons. The fraction of sp³-hybridized carbons (Fsp3) is 0.444. The number of carbonyl (C=O) groups excluding carboxylic acids is 1. The molecule has 0 spiro atoms. The van der Waals surface area contributed by atoms with Crippen LogP contribution in [0, 0.1) is 5.92 Å². The van der Waals surface area contributed by atoms with E-state index in [4.69, 9.17) is 33.3 Å². The van der Waals surface area contributed by atoms with Gasteiger partial charge >= 0.3 is 0 Å². The lowest BCUT2D eigenvalue weighted by Gasteiger charge is -2.35. The van der Waals surface area contributed by atoms with Crippen molar-refractivity contribution in [3.8, 4) is 11.5 Å². The van der Waals surface area contributed by atoms with Crippen molar-refractivity contribution in [3.05, 3.63) is 35.0 Å². The Morgan fingerprint density at radius 1 is 1.32 bits per heavy atom. The first kappa shape index (κ1) is 19.5. The normalized spacial score (nSPS) is 19.8. The number of nitrogens with one attached hydrogen (secondary N) is 2. The maximum Gasteiger partial charge on any atom is 0.171 e. The van der Waals surface area contributed by atoms with Crippen molar-refractivity contribution in [1.29, 1.82) is 0 Å². The van der Waals surface area contributed by atoms with Crippen LogP contribution in [0.5, 0.6) is 11.5 Å². The van der Waals surface area contributed by atoms with Crippen LogP contribution >= 0.6 is 23.8 Å². The molecule has 1 aromatic carbocycles. The molecule has 1 aliphatic rings. The summed E-state index contributed by atoms with van der Waals surface area (Å²) in [5.74, 6) is 0.667. The molecule has 1 aromatic rings. The summed E-state index contributed by atoms with van der Waals surface area (Å²) in [5.41, 5.74) is 1.28. The number of carbonyl (C=O) groups is 1. The number of ketones is 1. The van der Waals surface area contributed by atoms with E-state index in [9.17, 15) is 4.79 Å². The van der Waals surface area contributed by atoms with Gasteiger partial charge in [0.2, 0.25) is 0 Å². The Bertz CT molecular complexity index is 693. The Morgan fingerprint density at radius 3 is 2.60 bits per heavy atom. The maximum atomic E-state index is 12.1. The van der Waals surface area contributed by atoms with Gasteiger partial charge in [0.05, 0.1) is 25.2 Å². The van der Waals surface area contributed by atoms with Crippen LogP contribution in [0.4, 0.5) is 0 Å². The molecule has 7 heteroatoms. The standard InChI is InChI=1S/C18H23ClN2O3S/c1-5-7-24-15-9-13(19)12(8-14(15)23-6-2)17-16(11(4)22)10(3)20-18(25)21-17/h8-9,16-17H,3,5-7H2,1-2,4H3,(H2,20,21,25)/t16-,17-/m1/s1. The summed E-state index contributed by atoms with van der Waals surface area (Å²) in [6, 6.07) is 3.13. The predicted octanol–water partition coefficient (Wildman–Crippen LogP) is 3.77. The summed E-state index contributed by atoms with van der Waals surface area (Å²) in [6.07, 6.45) is 0.876. The number of halogens is 1. The Labute approximate surface area is 158 Å². The Balaban J connectivity index is 2.48. The fourth-order valence-corrected chi connectivity index (χ4v) is 3.33. The van der Waals surface area contributed by atoms with Crippen molar-refractivity contribution >= 4 is 34.7 Å². The van der Waals surface area contributed by atoms with Crippen molar-refractivity contribution in [2.24, 2.45) is 5.92 Å². The monoisotopic (exact) mass is 382 g/mol. The molecule has 0 aromatic heterocycles. The third-order valence-corrected chi connectivity index (χ3v) is 4.41. The van der Waals surface area contributed by atoms with Crippen molar-refractivity contribution in [2.75, 3.05) is 13.2 Å². The van der Waals surface area contributed by atoms with E-state index in [1.165, 1.54) is 6.92 Å². The second-order valence-electron chi connectivity index (χ2n) is 5.79. The smallest absolute Gasteiger partial charge is 0.171 e. The molecule has 1 aliphatic heterocycles. The number of hydrogen-bond acceptors (Lipinski definition) is 4. The lowest BCUT2D eigenvalue weighted by atomic mass is 9.86. The molecule has 25 heavy (non-hydrogen) atoms. The average molecular weight is 383 g/mol. The zero-order chi connectivity index (χ0) is 18.6. The minimum atomic E-state index is -0.485. The van der Waals surface area contributed by atoms with Gasteiger partial charge in [-0.15, -0.1) is 0 Å². The van der Waals surface area contributed by atoms with Gasteiger partial charge in [-0.25, -0.2) is 0 Å². The van der Waals surface area contributed by atoms with E-state index >= 15 is 0 Å². The number of rotatable bonds is 7. The third kappa shape index (κ3) is 4.44. The van der Waals surface area contributed by atoms with Crippen molar-refractivity contribution < 1.29 is 14.3 Å². The molecule has 1 saturated heterocycles. The van der Waals surface area contributed by atoms with Crippen LogP contribution in [0.15, 0.2) is 24.4 Å². The summed E-state index contributed by atoms with van der Waals surface area (Å²) in [7, 11) is 0. The molecule has 0 amide bonds. The van der Waals surface area contributed by atoms with Gasteiger partial charge in [0, 0.05) is 16.8 Å². The molecule has 0 bridgehead atoms. The van der Waals surface area contributed by atoms with Gasteiger partial charge in [-0.05, 0) is 44.1 Å². The lowest BCUT2D eigenvalue weighted by Crippen LogP contribution is -2.50. The van der Waals surface area contributed by atoms with E-state index in [1.54, 1.807) is 6.07 Å². The second-order valence-corrected chi connectivity index (χ2v) is 6.61. The van der Waals surface area contributed by atoms with Crippen molar-refractivity contribution in [2.45, 2.75) is 33.2 Å². The van der Waals surface area contributed by atoms with E-state index in [-0.39, 0.29) is 5.78 Å². The van der Waals surface area contributed by atoms with Crippen LogP contribution in [0.25, 0.3) is 0 Å². The van der Waals surface area contributed by atoms with E-state index < -0.39 is 12.0 Å². The maximum absolute atomic E-state index is 12.1. The first-order chi connectivity index (χ1) is 11.9. The summed E-state index contributed by atoms with van der Waals surface area (Å²) < 4.78 is 11.4.